The highest BCUT2D eigenvalue weighted by Crippen LogP contribution is 2.55. The van der Waals surface area contributed by atoms with Gasteiger partial charge in [0.25, 0.3) is 0 Å². The van der Waals surface area contributed by atoms with Crippen molar-refractivity contribution < 1.29 is 22.8 Å². The summed E-state index contributed by atoms with van der Waals surface area (Å²) in [5, 5.41) is 2.50. The molecule has 1 saturated carbocycles. The van der Waals surface area contributed by atoms with Crippen molar-refractivity contribution in [2.75, 3.05) is 0 Å². The van der Waals surface area contributed by atoms with Gasteiger partial charge in [-0.3, -0.25) is 9.59 Å². The number of carbonyl (C=O) groups excluding carboxylic acids is 2. The van der Waals surface area contributed by atoms with Gasteiger partial charge < -0.3 is 10.2 Å². The number of amides is 2. The number of nitrogens with one attached hydrogen (secondary N) is 1. The van der Waals surface area contributed by atoms with E-state index < -0.39 is 35.6 Å². The lowest BCUT2D eigenvalue weighted by atomic mass is 9.99. The van der Waals surface area contributed by atoms with Crippen molar-refractivity contribution >= 4 is 11.8 Å². The van der Waals surface area contributed by atoms with Crippen molar-refractivity contribution in [3.63, 3.8) is 0 Å². The number of piperazine rings is 1. The molecule has 2 amide bonds. The Labute approximate surface area is 109 Å². The molecule has 2 fully saturated rings. The third-order valence-corrected chi connectivity index (χ3v) is 3.97. The second kappa shape index (κ2) is 4.38. The summed E-state index contributed by atoms with van der Waals surface area (Å²) in [6.07, 6.45) is -4.21. The van der Waals surface area contributed by atoms with E-state index in [-0.39, 0.29) is 19.3 Å². The van der Waals surface area contributed by atoms with Gasteiger partial charge in [0.15, 0.2) is 0 Å². The van der Waals surface area contributed by atoms with E-state index in [1.54, 1.807) is 13.8 Å². The lowest BCUT2D eigenvalue weighted by Gasteiger charge is -2.44. The van der Waals surface area contributed by atoms with Crippen LogP contribution in [0.4, 0.5) is 13.2 Å². The van der Waals surface area contributed by atoms with Gasteiger partial charge >= 0.3 is 6.18 Å². The number of alkyl halides is 3. The molecule has 2 atom stereocenters. The number of carbonyl (C=O) groups is 2. The molecule has 19 heavy (non-hydrogen) atoms. The smallest absolute Gasteiger partial charge is 0.343 e. The third-order valence-electron chi connectivity index (χ3n) is 3.97. The molecule has 108 valence electrons. The normalized spacial score (nSPS) is 30.3. The molecule has 1 N–H and O–H groups in total. The van der Waals surface area contributed by atoms with Crippen LogP contribution in [0.1, 0.15) is 39.5 Å². The van der Waals surface area contributed by atoms with Crippen molar-refractivity contribution in [1.82, 2.24) is 10.2 Å². The molecule has 0 aromatic heterocycles. The fourth-order valence-electron chi connectivity index (χ4n) is 2.70. The molecule has 4 nitrogen and oxygen atoms in total. The molecular formula is C12H17F3N2O2. The quantitative estimate of drug-likeness (QED) is 0.852. The molecule has 0 aromatic rings. The Morgan fingerprint density at radius 1 is 1.26 bits per heavy atom. The summed E-state index contributed by atoms with van der Waals surface area (Å²) in [6.45, 7) is 3.28. The lowest BCUT2D eigenvalue weighted by molar-refractivity contribution is -0.210. The van der Waals surface area contributed by atoms with Crippen LogP contribution in [-0.2, 0) is 9.59 Å². The first-order valence-corrected chi connectivity index (χ1v) is 6.48. The third kappa shape index (κ3) is 1.99. The molecule has 0 spiro atoms. The molecular weight excluding hydrogens is 261 g/mol. The summed E-state index contributed by atoms with van der Waals surface area (Å²) in [5.74, 6) is -1.09. The van der Waals surface area contributed by atoms with E-state index in [4.69, 9.17) is 0 Å². The largest absolute Gasteiger partial charge is 0.411 e. The second-order valence-electron chi connectivity index (χ2n) is 5.13. The molecule has 0 radical (unpaired) electrons. The van der Waals surface area contributed by atoms with E-state index in [9.17, 15) is 22.8 Å². The highest BCUT2D eigenvalue weighted by Gasteiger charge is 2.70. The lowest BCUT2D eigenvalue weighted by Crippen LogP contribution is -2.68. The zero-order valence-electron chi connectivity index (χ0n) is 10.9. The van der Waals surface area contributed by atoms with Crippen molar-refractivity contribution in [3.05, 3.63) is 0 Å². The number of rotatable bonds is 3. The molecule has 0 aromatic carbocycles. The zero-order chi connectivity index (χ0) is 14.4. The predicted molar refractivity (Wildman–Crippen MR) is 61.2 cm³/mol. The second-order valence-corrected chi connectivity index (χ2v) is 5.13. The zero-order valence-corrected chi connectivity index (χ0v) is 10.9. The van der Waals surface area contributed by atoms with Gasteiger partial charge in [0.1, 0.15) is 17.6 Å². The van der Waals surface area contributed by atoms with Gasteiger partial charge in [-0.1, -0.05) is 13.8 Å². The van der Waals surface area contributed by atoms with Crippen LogP contribution in [-0.4, -0.2) is 40.5 Å². The Morgan fingerprint density at radius 3 is 2.21 bits per heavy atom. The fourth-order valence-corrected chi connectivity index (χ4v) is 2.70. The van der Waals surface area contributed by atoms with E-state index in [1.165, 1.54) is 0 Å². The summed E-state index contributed by atoms with van der Waals surface area (Å²) in [7, 11) is 0. The molecule has 2 aliphatic rings. The van der Waals surface area contributed by atoms with Crippen molar-refractivity contribution in [2.24, 2.45) is 0 Å². The van der Waals surface area contributed by atoms with Crippen LogP contribution in [0.5, 0.6) is 0 Å². The van der Waals surface area contributed by atoms with Gasteiger partial charge in [-0.2, -0.15) is 13.2 Å². The first-order valence-electron chi connectivity index (χ1n) is 6.48. The van der Waals surface area contributed by atoms with Crippen LogP contribution in [0, 0.1) is 0 Å². The molecule has 2 rings (SSSR count). The van der Waals surface area contributed by atoms with Crippen molar-refractivity contribution in [1.29, 1.82) is 0 Å². The monoisotopic (exact) mass is 278 g/mol. The Kier molecular flexibility index (Phi) is 3.26. The standard InChI is InChI=1S/C12H17F3N2O2/c1-3-7-10(19)17(8(4-2)9(18)16-7)11(5-6-11)12(13,14)15/h7-8H,3-6H2,1-2H3,(H,16,18). The van der Waals surface area contributed by atoms with Crippen LogP contribution in [0.15, 0.2) is 0 Å². The van der Waals surface area contributed by atoms with Gasteiger partial charge in [0.05, 0.1) is 0 Å². The molecule has 1 aliphatic carbocycles. The average Bonchev–Trinajstić information content (AvgIpc) is 3.11. The van der Waals surface area contributed by atoms with Gasteiger partial charge in [-0.25, -0.2) is 0 Å². The van der Waals surface area contributed by atoms with Crippen LogP contribution in [0.3, 0.4) is 0 Å². The molecule has 7 heteroatoms. The number of halogens is 3. The van der Waals surface area contributed by atoms with Crippen LogP contribution < -0.4 is 5.32 Å². The van der Waals surface area contributed by atoms with E-state index in [2.05, 4.69) is 5.32 Å². The number of hydrogen-bond donors (Lipinski definition) is 1. The Bertz CT molecular complexity index is 404. The van der Waals surface area contributed by atoms with Crippen molar-refractivity contribution in [3.8, 4) is 0 Å². The highest BCUT2D eigenvalue weighted by atomic mass is 19.4. The molecule has 1 heterocycles. The van der Waals surface area contributed by atoms with Gasteiger partial charge in [0.2, 0.25) is 11.8 Å². The molecule has 1 aliphatic heterocycles. The maximum atomic E-state index is 13.2. The molecule has 2 unspecified atom stereocenters. The summed E-state index contributed by atoms with van der Waals surface area (Å²) in [5.41, 5.74) is -2.12. The number of hydrogen-bond acceptors (Lipinski definition) is 2. The summed E-state index contributed by atoms with van der Waals surface area (Å²) >= 11 is 0. The Hall–Kier alpha value is -1.27. The summed E-state index contributed by atoms with van der Waals surface area (Å²) in [6, 6.07) is -1.85. The predicted octanol–water partition coefficient (Wildman–Crippen LogP) is 1.60. The first-order chi connectivity index (χ1) is 8.78. The van der Waals surface area contributed by atoms with Crippen molar-refractivity contribution in [2.45, 2.75) is 63.3 Å². The average molecular weight is 278 g/mol. The minimum Gasteiger partial charge on any atom is -0.343 e. The maximum Gasteiger partial charge on any atom is 0.411 e. The van der Waals surface area contributed by atoms with E-state index in [0.29, 0.717) is 6.42 Å². The van der Waals surface area contributed by atoms with Gasteiger partial charge in [-0.15, -0.1) is 0 Å². The SMILES string of the molecule is CCC1NC(=O)C(CC)N(C2(C(F)(F)F)CC2)C1=O. The minimum absolute atomic E-state index is 0.109. The first kappa shape index (κ1) is 14.1. The maximum absolute atomic E-state index is 13.2. The fraction of sp³-hybridized carbons (Fsp3) is 0.833. The Balaban J connectivity index is 2.39. The molecule has 1 saturated heterocycles. The van der Waals surface area contributed by atoms with E-state index in [0.717, 1.165) is 4.90 Å². The van der Waals surface area contributed by atoms with Gasteiger partial charge in [0, 0.05) is 0 Å². The van der Waals surface area contributed by atoms with Crippen LogP contribution in [0.2, 0.25) is 0 Å². The minimum atomic E-state index is -4.48. The number of nitrogens with zero attached hydrogens (tertiary/aromatic N) is 1. The van der Waals surface area contributed by atoms with E-state index in [1.807, 2.05) is 0 Å². The van der Waals surface area contributed by atoms with Gasteiger partial charge in [-0.05, 0) is 25.7 Å². The summed E-state index contributed by atoms with van der Waals surface area (Å²) in [4.78, 5) is 24.9. The van der Waals surface area contributed by atoms with Crippen LogP contribution in [0.25, 0.3) is 0 Å². The van der Waals surface area contributed by atoms with Crippen LogP contribution >= 0.6 is 0 Å². The highest BCUT2D eigenvalue weighted by molar-refractivity contribution is 5.97. The Morgan fingerprint density at radius 2 is 1.84 bits per heavy atom. The van der Waals surface area contributed by atoms with E-state index >= 15 is 0 Å². The topological polar surface area (TPSA) is 49.4 Å². The summed E-state index contributed by atoms with van der Waals surface area (Å²) < 4.78 is 39.6. The molecule has 0 bridgehead atoms.